The molecule has 0 aliphatic rings. The van der Waals surface area contributed by atoms with Crippen molar-refractivity contribution in [2.75, 3.05) is 18.8 Å². The van der Waals surface area contributed by atoms with Crippen LogP contribution < -0.4 is 11.1 Å². The Bertz CT molecular complexity index is 297. The minimum absolute atomic E-state index is 0.571. The number of nitrogen functional groups attached to an aromatic ring is 1. The summed E-state index contributed by atoms with van der Waals surface area (Å²) in [7, 11) is 0. The summed E-state index contributed by atoms with van der Waals surface area (Å²) in [6, 6.07) is 9.97. The lowest BCUT2D eigenvalue weighted by molar-refractivity contribution is 0.692. The summed E-state index contributed by atoms with van der Waals surface area (Å²) >= 11 is 0. The van der Waals surface area contributed by atoms with Gasteiger partial charge >= 0.3 is 0 Å². The monoisotopic (exact) mass is 189 g/mol. The molecule has 0 aliphatic heterocycles. The summed E-state index contributed by atoms with van der Waals surface area (Å²) in [5, 5.41) is 11.5. The third-order valence-electron chi connectivity index (χ3n) is 1.98. The molecule has 1 aromatic rings. The van der Waals surface area contributed by atoms with Crippen LogP contribution in [-0.2, 0) is 6.42 Å². The number of nitrogens with zero attached hydrogens (tertiary/aromatic N) is 1. The van der Waals surface area contributed by atoms with Crippen LogP contribution in [0.2, 0.25) is 0 Å². The standard InChI is InChI=1S/C11H15N3/c12-7-1-8-14-9-6-10-2-4-11(13)5-3-10/h2-5,14H,1,6,8-9,13H2. The smallest absolute Gasteiger partial charge is 0.0635 e. The van der Waals surface area contributed by atoms with Gasteiger partial charge in [-0.05, 0) is 30.7 Å². The Morgan fingerprint density at radius 2 is 1.93 bits per heavy atom. The van der Waals surface area contributed by atoms with Crippen molar-refractivity contribution in [3.63, 3.8) is 0 Å². The van der Waals surface area contributed by atoms with Gasteiger partial charge in [0.05, 0.1) is 6.07 Å². The number of benzene rings is 1. The van der Waals surface area contributed by atoms with E-state index in [1.165, 1.54) is 5.56 Å². The zero-order chi connectivity index (χ0) is 10.2. The van der Waals surface area contributed by atoms with E-state index in [-0.39, 0.29) is 0 Å². The predicted molar refractivity (Wildman–Crippen MR) is 57.7 cm³/mol. The van der Waals surface area contributed by atoms with Crippen molar-refractivity contribution in [1.29, 1.82) is 5.26 Å². The van der Waals surface area contributed by atoms with E-state index in [1.54, 1.807) is 0 Å². The first-order valence-electron chi connectivity index (χ1n) is 4.75. The lowest BCUT2D eigenvalue weighted by Crippen LogP contribution is -2.18. The van der Waals surface area contributed by atoms with E-state index in [2.05, 4.69) is 11.4 Å². The summed E-state index contributed by atoms with van der Waals surface area (Å²) in [6.45, 7) is 1.68. The average molecular weight is 189 g/mol. The zero-order valence-corrected chi connectivity index (χ0v) is 8.16. The molecule has 3 N–H and O–H groups in total. The summed E-state index contributed by atoms with van der Waals surface area (Å²) in [5.41, 5.74) is 7.63. The van der Waals surface area contributed by atoms with Gasteiger partial charge in [-0.2, -0.15) is 5.26 Å². The number of hydrogen-bond acceptors (Lipinski definition) is 3. The van der Waals surface area contributed by atoms with Crippen LogP contribution in [0, 0.1) is 11.3 Å². The van der Waals surface area contributed by atoms with Crippen LogP contribution in [-0.4, -0.2) is 13.1 Å². The third kappa shape index (κ3) is 3.92. The molecule has 0 saturated heterocycles. The number of nitrogens with one attached hydrogen (secondary N) is 1. The molecule has 0 fully saturated rings. The molecule has 0 amide bonds. The highest BCUT2D eigenvalue weighted by molar-refractivity contribution is 5.39. The molecule has 0 atom stereocenters. The van der Waals surface area contributed by atoms with Crippen molar-refractivity contribution in [3.8, 4) is 6.07 Å². The summed E-state index contributed by atoms with van der Waals surface area (Å²) in [4.78, 5) is 0. The Balaban J connectivity index is 2.19. The maximum atomic E-state index is 8.31. The maximum absolute atomic E-state index is 8.31. The summed E-state index contributed by atoms with van der Waals surface area (Å²) < 4.78 is 0. The van der Waals surface area contributed by atoms with Gasteiger partial charge in [-0.15, -0.1) is 0 Å². The van der Waals surface area contributed by atoms with Gasteiger partial charge in [0.2, 0.25) is 0 Å². The number of nitrogens with two attached hydrogens (primary N) is 1. The SMILES string of the molecule is N#CCCNCCc1ccc(N)cc1. The first-order chi connectivity index (χ1) is 6.83. The highest BCUT2D eigenvalue weighted by atomic mass is 14.8. The Morgan fingerprint density at radius 1 is 1.21 bits per heavy atom. The number of anilines is 1. The molecule has 0 unspecified atom stereocenters. The number of rotatable bonds is 5. The second-order valence-corrected chi connectivity index (χ2v) is 3.15. The Hall–Kier alpha value is -1.53. The lowest BCUT2D eigenvalue weighted by Gasteiger charge is -2.02. The van der Waals surface area contributed by atoms with Crippen LogP contribution in [0.1, 0.15) is 12.0 Å². The van der Waals surface area contributed by atoms with Crippen molar-refractivity contribution >= 4 is 5.69 Å². The van der Waals surface area contributed by atoms with Gasteiger partial charge in [-0.3, -0.25) is 0 Å². The fourth-order valence-electron chi connectivity index (χ4n) is 1.19. The first kappa shape index (κ1) is 10.6. The van der Waals surface area contributed by atoms with E-state index < -0.39 is 0 Å². The largest absolute Gasteiger partial charge is 0.399 e. The topological polar surface area (TPSA) is 61.8 Å². The molecule has 1 rings (SSSR count). The van der Waals surface area contributed by atoms with Crippen molar-refractivity contribution in [2.24, 2.45) is 0 Å². The first-order valence-corrected chi connectivity index (χ1v) is 4.75. The van der Waals surface area contributed by atoms with Gasteiger partial charge in [-0.25, -0.2) is 0 Å². The van der Waals surface area contributed by atoms with E-state index in [1.807, 2.05) is 24.3 Å². The Kier molecular flexibility index (Phi) is 4.53. The molecular weight excluding hydrogens is 174 g/mol. The van der Waals surface area contributed by atoms with E-state index in [4.69, 9.17) is 11.0 Å². The van der Waals surface area contributed by atoms with Crippen LogP contribution >= 0.6 is 0 Å². The fraction of sp³-hybridized carbons (Fsp3) is 0.364. The highest BCUT2D eigenvalue weighted by Gasteiger charge is 1.92. The van der Waals surface area contributed by atoms with E-state index in [0.29, 0.717) is 6.42 Å². The Morgan fingerprint density at radius 3 is 2.57 bits per heavy atom. The molecule has 0 bridgehead atoms. The molecular formula is C11H15N3. The van der Waals surface area contributed by atoms with Gasteiger partial charge in [0.25, 0.3) is 0 Å². The quantitative estimate of drug-likeness (QED) is 0.542. The summed E-state index contributed by atoms with van der Waals surface area (Å²) in [6.07, 6.45) is 1.55. The van der Waals surface area contributed by atoms with E-state index >= 15 is 0 Å². The molecule has 0 aromatic heterocycles. The second-order valence-electron chi connectivity index (χ2n) is 3.15. The fourth-order valence-corrected chi connectivity index (χ4v) is 1.19. The molecule has 0 heterocycles. The number of nitriles is 1. The molecule has 0 saturated carbocycles. The zero-order valence-electron chi connectivity index (χ0n) is 8.16. The van der Waals surface area contributed by atoms with Crippen molar-refractivity contribution in [3.05, 3.63) is 29.8 Å². The molecule has 74 valence electrons. The number of hydrogen-bond donors (Lipinski definition) is 2. The molecule has 1 aromatic carbocycles. The third-order valence-corrected chi connectivity index (χ3v) is 1.98. The molecule has 0 aliphatic carbocycles. The van der Waals surface area contributed by atoms with Gasteiger partial charge in [0.1, 0.15) is 0 Å². The second kappa shape index (κ2) is 6.01. The lowest BCUT2D eigenvalue weighted by atomic mass is 10.1. The van der Waals surface area contributed by atoms with Gasteiger partial charge in [0, 0.05) is 18.7 Å². The summed E-state index contributed by atoms with van der Waals surface area (Å²) in [5.74, 6) is 0. The maximum Gasteiger partial charge on any atom is 0.0635 e. The average Bonchev–Trinajstić information content (AvgIpc) is 2.21. The van der Waals surface area contributed by atoms with Gasteiger partial charge in [0.15, 0.2) is 0 Å². The van der Waals surface area contributed by atoms with E-state index in [9.17, 15) is 0 Å². The Labute approximate surface area is 84.5 Å². The van der Waals surface area contributed by atoms with Crippen LogP contribution in [0.15, 0.2) is 24.3 Å². The van der Waals surface area contributed by atoms with Crippen LogP contribution in [0.25, 0.3) is 0 Å². The van der Waals surface area contributed by atoms with Gasteiger partial charge < -0.3 is 11.1 Å². The predicted octanol–water partition coefficient (Wildman–Crippen LogP) is 1.31. The van der Waals surface area contributed by atoms with Crippen molar-refractivity contribution in [2.45, 2.75) is 12.8 Å². The van der Waals surface area contributed by atoms with Crippen LogP contribution in [0.3, 0.4) is 0 Å². The van der Waals surface area contributed by atoms with Crippen LogP contribution in [0.5, 0.6) is 0 Å². The molecule has 0 spiro atoms. The van der Waals surface area contributed by atoms with Crippen molar-refractivity contribution in [1.82, 2.24) is 5.32 Å². The van der Waals surface area contributed by atoms with E-state index in [0.717, 1.165) is 25.2 Å². The minimum atomic E-state index is 0.571. The molecule has 0 radical (unpaired) electrons. The normalized spacial score (nSPS) is 9.64. The van der Waals surface area contributed by atoms with Crippen LogP contribution in [0.4, 0.5) is 5.69 Å². The molecule has 14 heavy (non-hydrogen) atoms. The molecule has 3 nitrogen and oxygen atoms in total. The molecule has 3 heteroatoms. The van der Waals surface area contributed by atoms with Gasteiger partial charge in [-0.1, -0.05) is 12.1 Å². The minimum Gasteiger partial charge on any atom is -0.399 e. The van der Waals surface area contributed by atoms with Crippen molar-refractivity contribution < 1.29 is 0 Å². The highest BCUT2D eigenvalue weighted by Crippen LogP contribution is 2.05.